The van der Waals surface area contributed by atoms with E-state index in [0.29, 0.717) is 6.42 Å². The molecule has 1 unspecified atom stereocenters. The Hall–Kier alpha value is -2.13. The van der Waals surface area contributed by atoms with Gasteiger partial charge >= 0.3 is 0 Å². The molecule has 1 atom stereocenters. The summed E-state index contributed by atoms with van der Waals surface area (Å²) in [6.45, 7) is 4.07. The van der Waals surface area contributed by atoms with Gasteiger partial charge in [-0.2, -0.15) is 0 Å². The molecule has 0 aliphatic carbocycles. The van der Waals surface area contributed by atoms with Crippen molar-refractivity contribution in [2.45, 2.75) is 26.3 Å². The van der Waals surface area contributed by atoms with E-state index >= 15 is 0 Å². The third kappa shape index (κ3) is 2.21. The zero-order valence-corrected chi connectivity index (χ0v) is 11.7. The maximum atomic E-state index is 11.5. The highest BCUT2D eigenvalue weighted by Crippen LogP contribution is 2.31. The summed E-state index contributed by atoms with van der Waals surface area (Å²) in [7, 11) is 0. The van der Waals surface area contributed by atoms with Crippen LogP contribution in [0.25, 0.3) is 0 Å². The van der Waals surface area contributed by atoms with Crippen molar-refractivity contribution in [2.75, 3.05) is 5.32 Å². The first-order valence-corrected chi connectivity index (χ1v) is 6.80. The van der Waals surface area contributed by atoms with Crippen LogP contribution in [-0.2, 0) is 11.2 Å². The summed E-state index contributed by atoms with van der Waals surface area (Å²) < 4.78 is 0. The van der Waals surface area contributed by atoms with Gasteiger partial charge in [-0.15, -0.1) is 0 Å². The fourth-order valence-electron chi connectivity index (χ4n) is 2.71. The van der Waals surface area contributed by atoms with Crippen molar-refractivity contribution in [3.63, 3.8) is 0 Å². The second-order valence-electron chi connectivity index (χ2n) is 5.49. The van der Waals surface area contributed by atoms with Crippen LogP contribution in [0.3, 0.4) is 0 Å². The van der Waals surface area contributed by atoms with Gasteiger partial charge in [-0.1, -0.05) is 42.0 Å². The number of hydrogen-bond acceptors (Lipinski definition) is 2. The van der Waals surface area contributed by atoms with E-state index in [4.69, 9.17) is 5.73 Å². The summed E-state index contributed by atoms with van der Waals surface area (Å²) in [5.74, 6) is 0.0594. The van der Waals surface area contributed by atoms with E-state index in [1.165, 1.54) is 5.56 Å². The van der Waals surface area contributed by atoms with E-state index in [-0.39, 0.29) is 11.9 Å². The van der Waals surface area contributed by atoms with Crippen LogP contribution in [0.5, 0.6) is 0 Å². The molecule has 3 rings (SSSR count). The lowest BCUT2D eigenvalue weighted by atomic mass is 9.94. The molecular formula is C17H18N2O. The van der Waals surface area contributed by atoms with Crippen molar-refractivity contribution >= 4 is 11.6 Å². The van der Waals surface area contributed by atoms with Gasteiger partial charge in [0.05, 0.1) is 12.5 Å². The van der Waals surface area contributed by atoms with E-state index in [1.54, 1.807) is 0 Å². The number of benzene rings is 2. The van der Waals surface area contributed by atoms with Crippen LogP contribution < -0.4 is 11.1 Å². The monoisotopic (exact) mass is 266 g/mol. The highest BCUT2D eigenvalue weighted by Gasteiger charge is 2.21. The number of fused-ring (bicyclic) bond motifs is 1. The fraction of sp³-hybridized carbons (Fsp3) is 0.235. The molecular weight excluding hydrogens is 248 g/mol. The minimum absolute atomic E-state index is 0.0594. The van der Waals surface area contributed by atoms with Gasteiger partial charge in [0.25, 0.3) is 0 Å². The van der Waals surface area contributed by atoms with Crippen LogP contribution in [0.15, 0.2) is 36.4 Å². The molecule has 0 radical (unpaired) electrons. The Morgan fingerprint density at radius 2 is 1.80 bits per heavy atom. The first-order valence-electron chi connectivity index (χ1n) is 6.80. The summed E-state index contributed by atoms with van der Waals surface area (Å²) in [4.78, 5) is 11.5. The largest absolute Gasteiger partial charge is 0.325 e. The second-order valence-corrected chi connectivity index (χ2v) is 5.49. The molecule has 0 spiro atoms. The summed E-state index contributed by atoms with van der Waals surface area (Å²) in [6.07, 6.45) is 0.449. The Labute approximate surface area is 118 Å². The van der Waals surface area contributed by atoms with E-state index in [1.807, 2.05) is 13.0 Å². The lowest BCUT2D eigenvalue weighted by Gasteiger charge is -2.15. The fourth-order valence-corrected chi connectivity index (χ4v) is 2.71. The number of aryl methyl sites for hydroxylation is 2. The summed E-state index contributed by atoms with van der Waals surface area (Å²) >= 11 is 0. The number of rotatable bonds is 2. The Morgan fingerprint density at radius 1 is 1.10 bits per heavy atom. The molecule has 0 fully saturated rings. The molecule has 102 valence electrons. The summed E-state index contributed by atoms with van der Waals surface area (Å²) in [6, 6.07) is 12.2. The summed E-state index contributed by atoms with van der Waals surface area (Å²) in [5.41, 5.74) is 12.8. The van der Waals surface area contributed by atoms with Crippen molar-refractivity contribution < 1.29 is 4.79 Å². The quantitative estimate of drug-likeness (QED) is 0.878. The van der Waals surface area contributed by atoms with Crippen LogP contribution in [0.1, 0.15) is 33.9 Å². The van der Waals surface area contributed by atoms with Gasteiger partial charge < -0.3 is 11.1 Å². The van der Waals surface area contributed by atoms with Gasteiger partial charge in [-0.3, -0.25) is 4.79 Å². The number of hydrogen-bond donors (Lipinski definition) is 2. The number of amides is 1. The molecule has 1 aliphatic rings. The first-order chi connectivity index (χ1) is 9.54. The van der Waals surface area contributed by atoms with E-state index < -0.39 is 0 Å². The second kappa shape index (κ2) is 4.76. The number of anilines is 1. The number of nitrogens with two attached hydrogens (primary N) is 1. The van der Waals surface area contributed by atoms with Crippen LogP contribution in [-0.4, -0.2) is 5.91 Å². The third-order valence-corrected chi connectivity index (χ3v) is 3.85. The van der Waals surface area contributed by atoms with E-state index in [2.05, 4.69) is 42.6 Å². The van der Waals surface area contributed by atoms with E-state index in [9.17, 15) is 4.79 Å². The summed E-state index contributed by atoms with van der Waals surface area (Å²) in [5, 5.41) is 2.90. The molecule has 0 saturated heterocycles. The smallest absolute Gasteiger partial charge is 0.228 e. The highest BCUT2D eigenvalue weighted by molar-refractivity contribution is 6.00. The van der Waals surface area contributed by atoms with Crippen molar-refractivity contribution in [2.24, 2.45) is 5.73 Å². The van der Waals surface area contributed by atoms with Gasteiger partial charge in [-0.25, -0.2) is 0 Å². The zero-order valence-electron chi connectivity index (χ0n) is 11.7. The van der Waals surface area contributed by atoms with Gasteiger partial charge in [0.15, 0.2) is 0 Å². The molecule has 1 amide bonds. The van der Waals surface area contributed by atoms with Crippen LogP contribution in [0.4, 0.5) is 5.69 Å². The maximum Gasteiger partial charge on any atom is 0.228 e. The molecule has 2 aromatic rings. The lowest BCUT2D eigenvalue weighted by Crippen LogP contribution is -2.12. The lowest BCUT2D eigenvalue weighted by molar-refractivity contribution is -0.115. The van der Waals surface area contributed by atoms with Gasteiger partial charge in [0, 0.05) is 5.69 Å². The minimum Gasteiger partial charge on any atom is -0.325 e. The van der Waals surface area contributed by atoms with Crippen LogP contribution in [0.2, 0.25) is 0 Å². The molecule has 0 aromatic heterocycles. The maximum absolute atomic E-state index is 11.5. The molecule has 3 heteroatoms. The Balaban J connectivity index is 1.99. The van der Waals surface area contributed by atoms with Gasteiger partial charge in [0.2, 0.25) is 5.91 Å². The van der Waals surface area contributed by atoms with Crippen LogP contribution >= 0.6 is 0 Å². The predicted octanol–water partition coefficient (Wildman–Crippen LogP) is 2.85. The average Bonchev–Trinajstić information content (AvgIpc) is 2.80. The zero-order chi connectivity index (χ0) is 14.3. The van der Waals surface area contributed by atoms with E-state index in [0.717, 1.165) is 27.9 Å². The normalized spacial score (nSPS) is 14.8. The molecule has 0 saturated carbocycles. The van der Waals surface area contributed by atoms with Crippen molar-refractivity contribution in [1.29, 1.82) is 0 Å². The molecule has 20 heavy (non-hydrogen) atoms. The Morgan fingerprint density at radius 3 is 2.50 bits per heavy atom. The molecule has 1 heterocycles. The number of carbonyl (C=O) groups excluding carboxylic acids is 1. The van der Waals surface area contributed by atoms with Gasteiger partial charge in [-0.05, 0) is 36.1 Å². The standard InChI is InChI=1S/C17H18N2O/c1-10-3-5-12(6-4-10)16(18)13-7-11(2)17-14(8-13)9-15(20)19-17/h3-8,16H,9,18H2,1-2H3,(H,19,20). The third-order valence-electron chi connectivity index (χ3n) is 3.85. The number of carbonyl (C=O) groups is 1. The molecule has 3 N–H and O–H groups in total. The average molecular weight is 266 g/mol. The molecule has 0 bridgehead atoms. The molecule has 2 aromatic carbocycles. The van der Waals surface area contributed by atoms with Crippen molar-refractivity contribution in [3.05, 3.63) is 64.2 Å². The van der Waals surface area contributed by atoms with Crippen LogP contribution in [0, 0.1) is 13.8 Å². The topological polar surface area (TPSA) is 55.1 Å². The van der Waals surface area contributed by atoms with Crippen molar-refractivity contribution in [3.8, 4) is 0 Å². The minimum atomic E-state index is -0.157. The molecule has 1 aliphatic heterocycles. The molecule has 3 nitrogen and oxygen atoms in total. The Kier molecular flexibility index (Phi) is 3.07. The highest BCUT2D eigenvalue weighted by atomic mass is 16.1. The first kappa shape index (κ1) is 12.9. The predicted molar refractivity (Wildman–Crippen MR) is 80.7 cm³/mol. The van der Waals surface area contributed by atoms with Gasteiger partial charge in [0.1, 0.15) is 0 Å². The van der Waals surface area contributed by atoms with Crippen molar-refractivity contribution in [1.82, 2.24) is 0 Å². The SMILES string of the molecule is Cc1ccc(C(N)c2cc(C)c3c(c2)CC(=O)N3)cc1. The Bertz CT molecular complexity index is 674. The number of nitrogens with one attached hydrogen (secondary N) is 1.